The van der Waals surface area contributed by atoms with Crippen LogP contribution in [-0.4, -0.2) is 57.3 Å². The molecule has 0 saturated heterocycles. The van der Waals surface area contributed by atoms with Crippen LogP contribution in [0.25, 0.3) is 0 Å². The fourth-order valence-electron chi connectivity index (χ4n) is 4.13. The lowest BCUT2D eigenvalue weighted by atomic mass is 10.0. The zero-order valence-electron chi connectivity index (χ0n) is 20.8. The molecule has 6 nitrogen and oxygen atoms in total. The maximum absolute atomic E-state index is 6.00. The smallest absolute Gasteiger partial charge is 0.374 e. The van der Waals surface area contributed by atoms with Crippen LogP contribution in [0.2, 0.25) is 12.1 Å². The van der Waals surface area contributed by atoms with E-state index in [2.05, 4.69) is 12.2 Å². The SMILES string of the molecule is CCO[Si](CCCC1=C(CCC[Si](OCC)(OCC)OCC)CC=C1)(OCC)OCC. The van der Waals surface area contributed by atoms with E-state index in [1.54, 1.807) is 0 Å². The van der Waals surface area contributed by atoms with Crippen LogP contribution in [0.3, 0.4) is 0 Å². The fourth-order valence-corrected chi connectivity index (χ4v) is 9.36. The van der Waals surface area contributed by atoms with Gasteiger partial charge in [0.25, 0.3) is 0 Å². The predicted molar refractivity (Wildman–Crippen MR) is 130 cm³/mol. The van der Waals surface area contributed by atoms with Gasteiger partial charge in [-0.2, -0.15) is 0 Å². The van der Waals surface area contributed by atoms with Crippen molar-refractivity contribution in [1.29, 1.82) is 0 Å². The Balaban J connectivity index is 2.65. The topological polar surface area (TPSA) is 55.4 Å². The molecule has 0 atom stereocenters. The van der Waals surface area contributed by atoms with Gasteiger partial charge in [0.2, 0.25) is 0 Å². The highest BCUT2D eigenvalue weighted by Crippen LogP contribution is 2.31. The molecule has 0 fully saturated rings. The first kappa shape index (κ1) is 28.7. The van der Waals surface area contributed by atoms with Gasteiger partial charge in [0.05, 0.1) is 0 Å². The summed E-state index contributed by atoms with van der Waals surface area (Å²) in [6.45, 7) is 15.9. The first-order chi connectivity index (χ1) is 15.0. The lowest BCUT2D eigenvalue weighted by Crippen LogP contribution is -2.46. The Kier molecular flexibility index (Phi) is 15.1. The van der Waals surface area contributed by atoms with Crippen molar-refractivity contribution in [1.82, 2.24) is 0 Å². The highest BCUT2D eigenvalue weighted by Gasteiger charge is 2.40. The molecule has 0 amide bonds. The highest BCUT2D eigenvalue weighted by molar-refractivity contribution is 6.61. The molecule has 1 aliphatic carbocycles. The maximum Gasteiger partial charge on any atom is 0.500 e. The monoisotopic (exact) mass is 474 g/mol. The quantitative estimate of drug-likeness (QED) is 0.205. The van der Waals surface area contributed by atoms with E-state index in [4.69, 9.17) is 26.6 Å². The second-order valence-corrected chi connectivity index (χ2v) is 12.9. The van der Waals surface area contributed by atoms with Crippen molar-refractivity contribution in [3.05, 3.63) is 23.3 Å². The largest absolute Gasteiger partial charge is 0.500 e. The Labute approximate surface area is 193 Å². The minimum Gasteiger partial charge on any atom is -0.374 e. The molecule has 0 N–H and O–H groups in total. The Bertz CT molecular complexity index is 504. The summed E-state index contributed by atoms with van der Waals surface area (Å²) in [6.07, 6.45) is 9.77. The van der Waals surface area contributed by atoms with Gasteiger partial charge in [-0.15, -0.1) is 0 Å². The predicted octanol–water partition coefficient (Wildman–Crippen LogP) is 5.90. The van der Waals surface area contributed by atoms with E-state index in [0.29, 0.717) is 39.6 Å². The summed E-state index contributed by atoms with van der Waals surface area (Å²) >= 11 is 0. The second-order valence-electron chi connectivity index (χ2n) is 7.41. The molecule has 0 heterocycles. The maximum atomic E-state index is 6.00. The molecule has 1 rings (SSSR count). The number of allylic oxidation sites excluding steroid dienone is 4. The van der Waals surface area contributed by atoms with Gasteiger partial charge < -0.3 is 26.6 Å². The molecule has 0 aromatic carbocycles. The summed E-state index contributed by atoms with van der Waals surface area (Å²) < 4.78 is 36.0. The summed E-state index contributed by atoms with van der Waals surface area (Å²) in [5.74, 6) is 0. The van der Waals surface area contributed by atoms with E-state index in [1.165, 1.54) is 11.1 Å². The van der Waals surface area contributed by atoms with E-state index >= 15 is 0 Å². The molecule has 0 aliphatic heterocycles. The molecular weight excluding hydrogens is 428 g/mol. The molecule has 0 bridgehead atoms. The van der Waals surface area contributed by atoms with Crippen molar-refractivity contribution < 1.29 is 26.6 Å². The van der Waals surface area contributed by atoms with Crippen LogP contribution in [0.1, 0.15) is 73.6 Å². The minimum absolute atomic E-state index is 0.630. The van der Waals surface area contributed by atoms with Crippen LogP contribution in [0, 0.1) is 0 Å². The van der Waals surface area contributed by atoms with Crippen molar-refractivity contribution in [3.8, 4) is 0 Å². The summed E-state index contributed by atoms with van der Waals surface area (Å²) in [5.41, 5.74) is 2.99. The van der Waals surface area contributed by atoms with Crippen LogP contribution in [0.15, 0.2) is 23.3 Å². The van der Waals surface area contributed by atoms with Crippen LogP contribution in [-0.2, 0) is 26.6 Å². The van der Waals surface area contributed by atoms with E-state index in [9.17, 15) is 0 Å². The lowest BCUT2D eigenvalue weighted by Gasteiger charge is -2.29. The summed E-state index contributed by atoms with van der Waals surface area (Å²) in [7, 11) is -5.11. The van der Waals surface area contributed by atoms with Crippen LogP contribution in [0.5, 0.6) is 0 Å². The molecule has 0 radical (unpaired) electrons. The first-order valence-corrected chi connectivity index (χ1v) is 16.1. The summed E-state index contributed by atoms with van der Waals surface area (Å²) in [4.78, 5) is 0. The standard InChI is InChI=1S/C23H46O6Si2/c1-7-24-30(25-8-2,26-9-3)20-14-18-22-16-13-17-23(22)19-15-21-31(27-10-4,28-11-5)29-12-6/h13,16H,7-12,14-15,17-21H2,1-6H3. The van der Waals surface area contributed by atoms with Crippen molar-refractivity contribution in [2.45, 2.75) is 85.7 Å². The fraction of sp³-hybridized carbons (Fsp3) is 0.826. The molecule has 0 saturated carbocycles. The van der Waals surface area contributed by atoms with Crippen molar-refractivity contribution >= 4 is 17.6 Å². The average molecular weight is 475 g/mol. The molecule has 182 valence electrons. The molecule has 31 heavy (non-hydrogen) atoms. The highest BCUT2D eigenvalue weighted by atomic mass is 28.4. The Hall–Kier alpha value is -0.326. The second kappa shape index (κ2) is 16.3. The van der Waals surface area contributed by atoms with Crippen LogP contribution in [0.4, 0.5) is 0 Å². The van der Waals surface area contributed by atoms with Gasteiger partial charge in [-0.3, -0.25) is 0 Å². The number of hydrogen-bond donors (Lipinski definition) is 0. The minimum atomic E-state index is -2.56. The van der Waals surface area contributed by atoms with Gasteiger partial charge in [-0.25, -0.2) is 0 Å². The van der Waals surface area contributed by atoms with Gasteiger partial charge in [-0.1, -0.05) is 17.7 Å². The summed E-state index contributed by atoms with van der Waals surface area (Å²) in [6, 6.07) is 1.73. The molecule has 0 aromatic heterocycles. The third-order valence-corrected chi connectivity index (χ3v) is 11.5. The zero-order chi connectivity index (χ0) is 23.0. The van der Waals surface area contributed by atoms with E-state index in [-0.39, 0.29) is 0 Å². The van der Waals surface area contributed by atoms with Crippen LogP contribution >= 0.6 is 0 Å². The molecular formula is C23H46O6Si2. The van der Waals surface area contributed by atoms with E-state index in [1.807, 2.05) is 41.5 Å². The molecule has 0 aromatic rings. The normalized spacial score (nSPS) is 14.8. The Morgan fingerprint density at radius 2 is 1.00 bits per heavy atom. The third kappa shape index (κ3) is 10.00. The van der Waals surface area contributed by atoms with Crippen LogP contribution < -0.4 is 0 Å². The Morgan fingerprint density at radius 1 is 0.613 bits per heavy atom. The van der Waals surface area contributed by atoms with E-state index < -0.39 is 17.6 Å². The van der Waals surface area contributed by atoms with Crippen molar-refractivity contribution in [2.75, 3.05) is 39.6 Å². The summed E-state index contributed by atoms with van der Waals surface area (Å²) in [5, 5.41) is 0. The Morgan fingerprint density at radius 3 is 1.39 bits per heavy atom. The van der Waals surface area contributed by atoms with Gasteiger partial charge >= 0.3 is 17.6 Å². The first-order valence-electron chi connectivity index (χ1n) is 12.2. The van der Waals surface area contributed by atoms with Gasteiger partial charge in [0, 0.05) is 51.7 Å². The zero-order valence-corrected chi connectivity index (χ0v) is 22.8. The average Bonchev–Trinajstić information content (AvgIpc) is 3.16. The molecule has 0 unspecified atom stereocenters. The number of rotatable bonds is 20. The lowest BCUT2D eigenvalue weighted by molar-refractivity contribution is 0.0699. The van der Waals surface area contributed by atoms with E-state index in [0.717, 1.165) is 44.2 Å². The third-order valence-electron chi connectivity index (χ3n) is 5.21. The van der Waals surface area contributed by atoms with Crippen molar-refractivity contribution in [3.63, 3.8) is 0 Å². The molecule has 8 heteroatoms. The molecule has 1 aliphatic rings. The molecule has 0 spiro atoms. The number of hydrogen-bond acceptors (Lipinski definition) is 6. The van der Waals surface area contributed by atoms with Gasteiger partial charge in [0.1, 0.15) is 0 Å². The van der Waals surface area contributed by atoms with Gasteiger partial charge in [0.15, 0.2) is 0 Å². The van der Waals surface area contributed by atoms with Gasteiger partial charge in [-0.05, 0) is 79.2 Å². The van der Waals surface area contributed by atoms with Crippen molar-refractivity contribution in [2.24, 2.45) is 0 Å².